The molecule has 2 aliphatic heterocycles. The van der Waals surface area contributed by atoms with E-state index in [0.717, 1.165) is 31.1 Å². The van der Waals surface area contributed by atoms with Crippen LogP contribution in [0.15, 0.2) is 29.3 Å². The molecule has 1 aromatic carbocycles. The quantitative estimate of drug-likeness (QED) is 0.807. The van der Waals surface area contributed by atoms with Gasteiger partial charge >= 0.3 is 0 Å². The molecule has 0 saturated carbocycles. The number of thioether (sulfide) groups is 1. The number of hydrogen-bond donors (Lipinski definition) is 2. The maximum Gasteiger partial charge on any atom is 0.262 e. The molecule has 2 aliphatic rings. The summed E-state index contributed by atoms with van der Waals surface area (Å²) in [5.41, 5.74) is 1.13. The first-order chi connectivity index (χ1) is 12.9. The largest absolute Gasteiger partial charge is 0.351 e. The van der Waals surface area contributed by atoms with Crippen LogP contribution < -0.4 is 10.6 Å². The molecule has 3 amide bonds. The lowest BCUT2D eigenvalue weighted by molar-refractivity contribution is -0.121. The van der Waals surface area contributed by atoms with Gasteiger partial charge in [-0.3, -0.25) is 14.4 Å². The summed E-state index contributed by atoms with van der Waals surface area (Å²) in [6, 6.07) is 6.76. The second kappa shape index (κ2) is 8.56. The zero-order chi connectivity index (χ0) is 19.4. The molecular formula is C19H24N4O3S. The predicted octanol–water partition coefficient (Wildman–Crippen LogP) is 2.25. The Balaban J connectivity index is 1.51. The van der Waals surface area contributed by atoms with Crippen LogP contribution in [0.25, 0.3) is 0 Å². The highest BCUT2D eigenvalue weighted by Gasteiger charge is 2.33. The molecule has 0 aliphatic carbocycles. The number of rotatable bonds is 5. The van der Waals surface area contributed by atoms with E-state index in [1.807, 2.05) is 13.8 Å². The number of hydrogen-bond acceptors (Lipinski definition) is 5. The van der Waals surface area contributed by atoms with Crippen LogP contribution in [0.2, 0.25) is 0 Å². The lowest BCUT2D eigenvalue weighted by Crippen LogP contribution is -2.30. The van der Waals surface area contributed by atoms with E-state index in [0.29, 0.717) is 11.3 Å². The summed E-state index contributed by atoms with van der Waals surface area (Å²) >= 11 is 1.38. The van der Waals surface area contributed by atoms with Gasteiger partial charge in [0.15, 0.2) is 5.17 Å². The van der Waals surface area contributed by atoms with Crippen molar-refractivity contribution in [3.8, 4) is 0 Å². The average Bonchev–Trinajstić information content (AvgIpc) is 3.25. The molecule has 0 bridgehead atoms. The average molecular weight is 388 g/mol. The Morgan fingerprint density at radius 2 is 1.89 bits per heavy atom. The summed E-state index contributed by atoms with van der Waals surface area (Å²) in [5.74, 6) is -0.627. The van der Waals surface area contributed by atoms with Gasteiger partial charge in [0.05, 0.1) is 0 Å². The fourth-order valence-electron chi connectivity index (χ4n) is 2.98. The third-order valence-electron chi connectivity index (χ3n) is 4.33. The summed E-state index contributed by atoms with van der Waals surface area (Å²) in [6.45, 7) is 5.64. The third kappa shape index (κ3) is 5.09. The first-order valence-electron chi connectivity index (χ1n) is 9.17. The zero-order valence-corrected chi connectivity index (χ0v) is 16.3. The van der Waals surface area contributed by atoms with Gasteiger partial charge in [-0.2, -0.15) is 4.99 Å². The SMILES string of the molecule is CC(C)NC(=O)c1ccc(NC(=O)CC2SC(N3CCCC3)=NC2=O)cc1. The molecule has 7 nitrogen and oxygen atoms in total. The van der Waals surface area contributed by atoms with E-state index in [-0.39, 0.29) is 30.2 Å². The van der Waals surface area contributed by atoms with Gasteiger partial charge in [0.25, 0.3) is 11.8 Å². The Hall–Kier alpha value is -2.35. The van der Waals surface area contributed by atoms with Crippen molar-refractivity contribution in [1.82, 2.24) is 10.2 Å². The van der Waals surface area contributed by atoms with E-state index in [1.165, 1.54) is 11.8 Å². The predicted molar refractivity (Wildman–Crippen MR) is 107 cm³/mol. The molecule has 2 heterocycles. The van der Waals surface area contributed by atoms with Crippen LogP contribution in [0.5, 0.6) is 0 Å². The molecule has 1 aromatic rings. The molecule has 1 fully saturated rings. The number of amidine groups is 1. The van der Waals surface area contributed by atoms with Crippen LogP contribution in [-0.2, 0) is 9.59 Å². The molecule has 0 spiro atoms. The summed E-state index contributed by atoms with van der Waals surface area (Å²) in [5, 5.41) is 5.88. The fraction of sp³-hybridized carbons (Fsp3) is 0.474. The Morgan fingerprint density at radius 3 is 2.52 bits per heavy atom. The summed E-state index contributed by atoms with van der Waals surface area (Å²) in [4.78, 5) is 42.5. The van der Waals surface area contributed by atoms with Crippen molar-refractivity contribution in [1.29, 1.82) is 0 Å². The minimum absolute atomic E-state index is 0.0611. The van der Waals surface area contributed by atoms with Crippen molar-refractivity contribution < 1.29 is 14.4 Å². The van der Waals surface area contributed by atoms with Gasteiger partial charge in [-0.1, -0.05) is 11.8 Å². The van der Waals surface area contributed by atoms with Crippen molar-refractivity contribution in [3.63, 3.8) is 0 Å². The van der Waals surface area contributed by atoms with Crippen LogP contribution in [0, 0.1) is 0 Å². The molecule has 1 saturated heterocycles. The molecule has 144 valence electrons. The monoisotopic (exact) mass is 388 g/mol. The minimum atomic E-state index is -0.461. The number of likely N-dealkylation sites (tertiary alicyclic amines) is 1. The lowest BCUT2D eigenvalue weighted by atomic mass is 10.1. The molecule has 1 atom stereocenters. The van der Waals surface area contributed by atoms with E-state index < -0.39 is 5.25 Å². The molecule has 27 heavy (non-hydrogen) atoms. The Labute approximate surface area is 163 Å². The van der Waals surface area contributed by atoms with Crippen LogP contribution in [0.4, 0.5) is 5.69 Å². The minimum Gasteiger partial charge on any atom is -0.351 e. The van der Waals surface area contributed by atoms with Crippen molar-refractivity contribution in [2.75, 3.05) is 18.4 Å². The van der Waals surface area contributed by atoms with Crippen molar-refractivity contribution in [2.24, 2.45) is 4.99 Å². The second-order valence-electron chi connectivity index (χ2n) is 6.99. The van der Waals surface area contributed by atoms with Crippen LogP contribution in [-0.4, -0.2) is 52.2 Å². The Bertz CT molecular complexity index is 755. The van der Waals surface area contributed by atoms with Crippen LogP contribution in [0.1, 0.15) is 43.5 Å². The first kappa shape index (κ1) is 19.4. The van der Waals surface area contributed by atoms with E-state index in [1.54, 1.807) is 24.3 Å². The number of anilines is 1. The second-order valence-corrected chi connectivity index (χ2v) is 8.16. The smallest absolute Gasteiger partial charge is 0.262 e. The van der Waals surface area contributed by atoms with Gasteiger partial charge in [-0.05, 0) is 51.0 Å². The molecule has 0 aromatic heterocycles. The molecule has 3 rings (SSSR count). The third-order valence-corrected chi connectivity index (χ3v) is 5.54. The van der Waals surface area contributed by atoms with Gasteiger partial charge in [0.2, 0.25) is 5.91 Å². The van der Waals surface area contributed by atoms with Gasteiger partial charge in [-0.25, -0.2) is 0 Å². The summed E-state index contributed by atoms with van der Waals surface area (Å²) < 4.78 is 0. The molecule has 8 heteroatoms. The molecule has 1 unspecified atom stereocenters. The van der Waals surface area contributed by atoms with Crippen LogP contribution >= 0.6 is 11.8 Å². The Morgan fingerprint density at radius 1 is 1.22 bits per heavy atom. The van der Waals surface area contributed by atoms with E-state index >= 15 is 0 Å². The van der Waals surface area contributed by atoms with E-state index in [9.17, 15) is 14.4 Å². The van der Waals surface area contributed by atoms with Gasteiger partial charge in [0, 0.05) is 36.8 Å². The number of amides is 3. The van der Waals surface area contributed by atoms with Crippen molar-refractivity contribution in [2.45, 2.75) is 44.4 Å². The highest BCUT2D eigenvalue weighted by molar-refractivity contribution is 8.15. The topological polar surface area (TPSA) is 90.9 Å². The molecule has 2 N–H and O–H groups in total. The van der Waals surface area contributed by atoms with Gasteiger partial charge in [-0.15, -0.1) is 0 Å². The number of carbonyl (C=O) groups is 3. The van der Waals surface area contributed by atoms with Gasteiger partial charge < -0.3 is 15.5 Å². The number of nitrogens with one attached hydrogen (secondary N) is 2. The van der Waals surface area contributed by atoms with E-state index in [2.05, 4.69) is 20.5 Å². The maximum absolute atomic E-state index is 12.3. The van der Waals surface area contributed by atoms with Crippen molar-refractivity contribution in [3.05, 3.63) is 29.8 Å². The molecule has 0 radical (unpaired) electrons. The zero-order valence-electron chi connectivity index (χ0n) is 15.5. The number of aliphatic imine (C=N–C) groups is 1. The highest BCUT2D eigenvalue weighted by atomic mass is 32.2. The molecular weight excluding hydrogens is 364 g/mol. The fourth-order valence-corrected chi connectivity index (χ4v) is 4.10. The summed E-state index contributed by atoms with van der Waals surface area (Å²) in [6.07, 6.45) is 2.31. The van der Waals surface area contributed by atoms with Gasteiger partial charge in [0.1, 0.15) is 5.25 Å². The number of carbonyl (C=O) groups excluding carboxylic acids is 3. The van der Waals surface area contributed by atoms with Crippen LogP contribution in [0.3, 0.4) is 0 Å². The normalized spacial score (nSPS) is 19.4. The maximum atomic E-state index is 12.3. The number of benzene rings is 1. The van der Waals surface area contributed by atoms with E-state index in [4.69, 9.17) is 0 Å². The highest BCUT2D eigenvalue weighted by Crippen LogP contribution is 2.29. The standard InChI is InChI=1S/C19H24N4O3S/c1-12(2)20-17(25)13-5-7-14(8-6-13)21-16(24)11-15-18(26)22-19(27-15)23-9-3-4-10-23/h5-8,12,15H,3-4,9-11H2,1-2H3,(H,20,25)(H,21,24). The first-order valence-corrected chi connectivity index (χ1v) is 10.1. The lowest BCUT2D eigenvalue weighted by Gasteiger charge is -2.16. The summed E-state index contributed by atoms with van der Waals surface area (Å²) in [7, 11) is 0. The Kier molecular flexibility index (Phi) is 6.15. The van der Waals surface area contributed by atoms with Crippen molar-refractivity contribution >= 4 is 40.3 Å². The number of nitrogens with zero attached hydrogens (tertiary/aromatic N) is 2.